The van der Waals surface area contributed by atoms with Gasteiger partial charge in [0.25, 0.3) is 5.91 Å². The highest BCUT2D eigenvalue weighted by Crippen LogP contribution is 2.23. The molecule has 8 heteroatoms. The molecular formula is C17H22N2O5S. The summed E-state index contributed by atoms with van der Waals surface area (Å²) in [6.07, 6.45) is 0.727. The Bertz CT molecular complexity index is 648. The van der Waals surface area contributed by atoms with Crippen molar-refractivity contribution >= 4 is 35.5 Å². The molecule has 25 heavy (non-hydrogen) atoms. The van der Waals surface area contributed by atoms with Gasteiger partial charge in [0, 0.05) is 10.9 Å². The number of carbonyl (C=O) groups is 4. The number of Topliss-reactive ketones (excluding diaryl/α,β-unsaturated/α-hetero) is 1. The van der Waals surface area contributed by atoms with Crippen LogP contribution < -0.4 is 10.6 Å². The Morgan fingerprint density at radius 2 is 1.88 bits per heavy atom. The Kier molecular flexibility index (Phi) is 8.69. The molecule has 2 N–H and O–H groups in total. The summed E-state index contributed by atoms with van der Waals surface area (Å²) in [6, 6.07) is 5.95. The second kappa shape index (κ2) is 10.5. The minimum atomic E-state index is -0.719. The third kappa shape index (κ3) is 7.84. The highest BCUT2D eigenvalue weighted by molar-refractivity contribution is 8.00. The molecule has 1 atom stereocenters. The Morgan fingerprint density at radius 1 is 1.20 bits per heavy atom. The molecule has 136 valence electrons. The molecule has 0 aromatic heterocycles. The second-order valence-corrected chi connectivity index (χ2v) is 6.41. The van der Waals surface area contributed by atoms with E-state index in [0.29, 0.717) is 4.90 Å². The fourth-order valence-electron chi connectivity index (χ4n) is 1.67. The van der Waals surface area contributed by atoms with E-state index in [1.54, 1.807) is 31.2 Å². The number of urea groups is 1. The maximum atomic E-state index is 12.1. The van der Waals surface area contributed by atoms with Gasteiger partial charge >= 0.3 is 12.0 Å². The van der Waals surface area contributed by atoms with E-state index in [1.807, 2.05) is 6.92 Å². The largest absolute Gasteiger partial charge is 0.452 e. The minimum absolute atomic E-state index is 0.0140. The number of imide groups is 1. The standard InChI is InChI=1S/C17H22N2O5S/c1-4-11(2)18-17(23)19-15(21)9-24-16(22)13-7-5-6-8-14(13)25-10-12(3)20/h5-8,11H,4,9-10H2,1-3H3,(H2,18,19,21,23)/t11-/m1/s1. The van der Waals surface area contributed by atoms with Gasteiger partial charge in [-0.05, 0) is 32.4 Å². The molecule has 7 nitrogen and oxygen atoms in total. The second-order valence-electron chi connectivity index (χ2n) is 5.39. The van der Waals surface area contributed by atoms with Crippen molar-refractivity contribution in [2.45, 2.75) is 38.1 Å². The van der Waals surface area contributed by atoms with Crippen LogP contribution in [-0.4, -0.2) is 42.1 Å². The number of rotatable bonds is 8. The zero-order chi connectivity index (χ0) is 18.8. The fourth-order valence-corrected chi connectivity index (χ4v) is 2.51. The summed E-state index contributed by atoms with van der Waals surface area (Å²) in [5.74, 6) is -1.19. The molecule has 1 rings (SSSR count). The van der Waals surface area contributed by atoms with Crippen LogP contribution in [0.4, 0.5) is 4.79 Å². The first-order valence-corrected chi connectivity index (χ1v) is 8.80. The van der Waals surface area contributed by atoms with Gasteiger partial charge in [-0.3, -0.25) is 14.9 Å². The topological polar surface area (TPSA) is 102 Å². The van der Waals surface area contributed by atoms with Gasteiger partial charge in [-0.25, -0.2) is 9.59 Å². The van der Waals surface area contributed by atoms with Gasteiger partial charge in [0.1, 0.15) is 5.78 Å². The van der Waals surface area contributed by atoms with Gasteiger partial charge in [-0.1, -0.05) is 19.1 Å². The molecule has 0 radical (unpaired) electrons. The summed E-state index contributed by atoms with van der Waals surface area (Å²) in [7, 11) is 0. The molecule has 0 spiro atoms. The summed E-state index contributed by atoms with van der Waals surface area (Å²) in [5, 5.41) is 4.66. The molecule has 0 heterocycles. The van der Waals surface area contributed by atoms with Gasteiger partial charge < -0.3 is 10.1 Å². The number of thioether (sulfide) groups is 1. The molecule has 0 unspecified atom stereocenters. The number of esters is 1. The van der Waals surface area contributed by atoms with Gasteiger partial charge in [-0.2, -0.15) is 0 Å². The summed E-state index contributed by atoms with van der Waals surface area (Å²) in [6.45, 7) is 4.59. The summed E-state index contributed by atoms with van der Waals surface area (Å²) >= 11 is 1.22. The first kappa shape index (κ1) is 20.7. The van der Waals surface area contributed by atoms with Crippen molar-refractivity contribution < 1.29 is 23.9 Å². The molecule has 0 fully saturated rings. The molecule has 0 saturated heterocycles. The van der Waals surface area contributed by atoms with Crippen molar-refractivity contribution in [3.8, 4) is 0 Å². The van der Waals surface area contributed by atoms with E-state index in [-0.39, 0.29) is 23.1 Å². The van der Waals surface area contributed by atoms with E-state index in [1.165, 1.54) is 18.7 Å². The number of nitrogens with one attached hydrogen (secondary N) is 2. The average Bonchev–Trinajstić information content (AvgIpc) is 2.57. The monoisotopic (exact) mass is 366 g/mol. The van der Waals surface area contributed by atoms with Crippen molar-refractivity contribution in [2.75, 3.05) is 12.4 Å². The van der Waals surface area contributed by atoms with E-state index < -0.39 is 24.5 Å². The Morgan fingerprint density at radius 3 is 2.52 bits per heavy atom. The summed E-state index contributed by atoms with van der Waals surface area (Å²) in [5.41, 5.74) is 0.269. The Balaban J connectivity index is 2.55. The van der Waals surface area contributed by atoms with Crippen LogP contribution in [0.1, 0.15) is 37.6 Å². The van der Waals surface area contributed by atoms with Crippen molar-refractivity contribution in [3.05, 3.63) is 29.8 Å². The van der Waals surface area contributed by atoms with E-state index in [4.69, 9.17) is 4.74 Å². The lowest BCUT2D eigenvalue weighted by molar-refractivity contribution is -0.123. The zero-order valence-electron chi connectivity index (χ0n) is 14.5. The lowest BCUT2D eigenvalue weighted by Crippen LogP contribution is -2.44. The lowest BCUT2D eigenvalue weighted by atomic mass is 10.2. The molecule has 0 bridgehead atoms. The summed E-state index contributed by atoms with van der Waals surface area (Å²) in [4.78, 5) is 47.0. The first-order valence-electron chi connectivity index (χ1n) is 7.82. The number of carbonyl (C=O) groups excluding carboxylic acids is 4. The highest BCUT2D eigenvalue weighted by Gasteiger charge is 2.16. The van der Waals surface area contributed by atoms with Crippen LogP contribution >= 0.6 is 11.8 Å². The maximum absolute atomic E-state index is 12.1. The molecule has 3 amide bonds. The molecule has 1 aromatic rings. The predicted octanol–water partition coefficient (Wildman–Crippen LogP) is 2.15. The Hall–Kier alpha value is -2.35. The molecule has 0 aliphatic rings. The van der Waals surface area contributed by atoms with Crippen molar-refractivity contribution in [3.63, 3.8) is 0 Å². The van der Waals surface area contributed by atoms with Crippen LogP contribution in [-0.2, 0) is 14.3 Å². The number of benzene rings is 1. The molecule has 0 aliphatic heterocycles. The lowest BCUT2D eigenvalue weighted by Gasteiger charge is -2.12. The molecule has 0 saturated carbocycles. The smallest absolute Gasteiger partial charge is 0.339 e. The van der Waals surface area contributed by atoms with Gasteiger partial charge in [0.2, 0.25) is 0 Å². The summed E-state index contributed by atoms with van der Waals surface area (Å²) < 4.78 is 4.94. The molecule has 1 aromatic carbocycles. The van der Waals surface area contributed by atoms with E-state index in [2.05, 4.69) is 10.6 Å². The fraction of sp³-hybridized carbons (Fsp3) is 0.412. The van der Waals surface area contributed by atoms with Crippen molar-refractivity contribution in [1.29, 1.82) is 0 Å². The number of ketones is 1. The SMILES string of the molecule is CC[C@@H](C)NC(=O)NC(=O)COC(=O)c1ccccc1SCC(C)=O. The number of hydrogen-bond donors (Lipinski definition) is 2. The minimum Gasteiger partial charge on any atom is -0.452 e. The van der Waals surface area contributed by atoms with Gasteiger partial charge in [-0.15, -0.1) is 11.8 Å². The number of amides is 3. The van der Waals surface area contributed by atoms with Crippen LogP contribution in [0.25, 0.3) is 0 Å². The van der Waals surface area contributed by atoms with Gasteiger partial charge in [0.05, 0.1) is 11.3 Å². The predicted molar refractivity (Wildman–Crippen MR) is 94.6 cm³/mol. The van der Waals surface area contributed by atoms with Crippen molar-refractivity contribution in [2.24, 2.45) is 0 Å². The van der Waals surface area contributed by atoms with Crippen LogP contribution in [0.15, 0.2) is 29.2 Å². The number of ether oxygens (including phenoxy) is 1. The Labute approximate surface area is 150 Å². The van der Waals surface area contributed by atoms with Gasteiger partial charge in [0.15, 0.2) is 6.61 Å². The average molecular weight is 366 g/mol. The quantitative estimate of drug-likeness (QED) is 0.540. The van der Waals surface area contributed by atoms with Crippen LogP contribution in [0.2, 0.25) is 0 Å². The van der Waals surface area contributed by atoms with E-state index >= 15 is 0 Å². The molecule has 0 aliphatic carbocycles. The third-order valence-electron chi connectivity index (χ3n) is 3.12. The first-order chi connectivity index (χ1) is 11.8. The highest BCUT2D eigenvalue weighted by atomic mass is 32.2. The molecular weight excluding hydrogens is 344 g/mol. The van der Waals surface area contributed by atoms with Crippen LogP contribution in [0, 0.1) is 0 Å². The maximum Gasteiger partial charge on any atom is 0.339 e. The third-order valence-corrected chi connectivity index (χ3v) is 4.33. The van der Waals surface area contributed by atoms with Crippen LogP contribution in [0.3, 0.4) is 0 Å². The van der Waals surface area contributed by atoms with Crippen LogP contribution in [0.5, 0.6) is 0 Å². The van der Waals surface area contributed by atoms with Crippen molar-refractivity contribution in [1.82, 2.24) is 10.6 Å². The normalized spacial score (nSPS) is 11.3. The van der Waals surface area contributed by atoms with E-state index in [0.717, 1.165) is 6.42 Å². The number of hydrogen-bond acceptors (Lipinski definition) is 6. The van der Waals surface area contributed by atoms with E-state index in [9.17, 15) is 19.2 Å². The zero-order valence-corrected chi connectivity index (χ0v) is 15.3.